The van der Waals surface area contributed by atoms with Crippen LogP contribution < -0.4 is 4.90 Å². The van der Waals surface area contributed by atoms with Crippen LogP contribution in [0, 0.1) is 0 Å². The second kappa shape index (κ2) is 9.63. The van der Waals surface area contributed by atoms with E-state index in [1.54, 1.807) is 0 Å². The van der Waals surface area contributed by atoms with Crippen LogP contribution in [0.15, 0.2) is 121 Å². The number of hydrogen-bond donors (Lipinski definition) is 0. The Labute approximate surface area is 219 Å². The van der Waals surface area contributed by atoms with Crippen LogP contribution in [0.5, 0.6) is 0 Å². The first-order valence-corrected chi connectivity index (χ1v) is 13.2. The standard InChI is InChI=1S/C35H32N2/c1-4-26-17-20-30(21-18-26)37(29-12-6-5-7-13-29)31-14-10-11-27(23-31)28-19-22-33-32-15-8-9-16-34(32)36(25(2)3)35(33)24-28/h5-25H,4H2,1-3H3. The SMILES string of the molecule is CCc1ccc(N(c2ccccc2)c2cccc(-c3ccc4c5ccccc5n(C(C)C)c4c3)c2)cc1. The second-order valence-corrected chi connectivity index (χ2v) is 9.95. The summed E-state index contributed by atoms with van der Waals surface area (Å²) in [6.45, 7) is 6.73. The van der Waals surface area contributed by atoms with Crippen molar-refractivity contribution in [2.45, 2.75) is 33.2 Å². The van der Waals surface area contributed by atoms with Gasteiger partial charge in [-0.05, 0) is 85.5 Å². The van der Waals surface area contributed by atoms with Gasteiger partial charge in [0.2, 0.25) is 0 Å². The lowest BCUT2D eigenvalue weighted by molar-refractivity contribution is 0.642. The number of anilines is 3. The summed E-state index contributed by atoms with van der Waals surface area (Å²) in [7, 11) is 0. The van der Waals surface area contributed by atoms with E-state index in [4.69, 9.17) is 0 Å². The zero-order valence-corrected chi connectivity index (χ0v) is 21.7. The number of para-hydroxylation sites is 2. The van der Waals surface area contributed by atoms with Gasteiger partial charge in [-0.1, -0.05) is 79.7 Å². The van der Waals surface area contributed by atoms with E-state index in [9.17, 15) is 0 Å². The zero-order valence-electron chi connectivity index (χ0n) is 21.7. The molecule has 182 valence electrons. The molecule has 2 nitrogen and oxygen atoms in total. The molecule has 6 rings (SSSR count). The van der Waals surface area contributed by atoms with Crippen LogP contribution in [0.1, 0.15) is 32.4 Å². The lowest BCUT2D eigenvalue weighted by atomic mass is 10.0. The predicted octanol–water partition coefficient (Wildman–Crippen LogP) is 10.1. The lowest BCUT2D eigenvalue weighted by Crippen LogP contribution is -2.09. The fourth-order valence-corrected chi connectivity index (χ4v) is 5.47. The molecule has 0 spiro atoms. The molecule has 5 aromatic carbocycles. The molecule has 0 fully saturated rings. The van der Waals surface area contributed by atoms with Gasteiger partial charge in [0, 0.05) is 44.9 Å². The molecule has 0 N–H and O–H groups in total. The maximum Gasteiger partial charge on any atom is 0.0500 e. The van der Waals surface area contributed by atoms with E-state index in [1.807, 2.05) is 0 Å². The van der Waals surface area contributed by atoms with Crippen LogP contribution >= 0.6 is 0 Å². The van der Waals surface area contributed by atoms with Gasteiger partial charge in [-0.3, -0.25) is 0 Å². The molecule has 0 aliphatic heterocycles. The summed E-state index contributed by atoms with van der Waals surface area (Å²) in [5.41, 5.74) is 9.84. The Morgan fingerprint density at radius 3 is 1.97 bits per heavy atom. The highest BCUT2D eigenvalue weighted by molar-refractivity contribution is 6.09. The minimum absolute atomic E-state index is 0.378. The average molecular weight is 481 g/mol. The van der Waals surface area contributed by atoms with E-state index in [-0.39, 0.29) is 0 Å². The Bertz CT molecular complexity index is 1670. The Balaban J connectivity index is 1.49. The molecule has 0 unspecified atom stereocenters. The van der Waals surface area contributed by atoms with Gasteiger partial charge >= 0.3 is 0 Å². The summed E-state index contributed by atoms with van der Waals surface area (Å²) >= 11 is 0. The van der Waals surface area contributed by atoms with E-state index in [2.05, 4.69) is 152 Å². The largest absolute Gasteiger partial charge is 0.338 e. The maximum absolute atomic E-state index is 2.46. The molecule has 0 saturated carbocycles. The molecule has 1 heterocycles. The number of nitrogens with zero attached hydrogens (tertiary/aromatic N) is 2. The minimum Gasteiger partial charge on any atom is -0.338 e. The maximum atomic E-state index is 2.46. The molecule has 1 aromatic heterocycles. The van der Waals surface area contributed by atoms with Crippen molar-refractivity contribution in [2.75, 3.05) is 4.90 Å². The quantitative estimate of drug-likeness (QED) is 0.230. The van der Waals surface area contributed by atoms with E-state index in [1.165, 1.54) is 38.5 Å². The average Bonchev–Trinajstić information content (AvgIpc) is 3.28. The summed E-state index contributed by atoms with van der Waals surface area (Å²) < 4.78 is 2.46. The van der Waals surface area contributed by atoms with Gasteiger partial charge in [0.15, 0.2) is 0 Å². The highest BCUT2D eigenvalue weighted by Gasteiger charge is 2.16. The summed E-state index contributed by atoms with van der Waals surface area (Å²) in [6.07, 6.45) is 1.04. The van der Waals surface area contributed by atoms with Gasteiger partial charge in [-0.15, -0.1) is 0 Å². The van der Waals surface area contributed by atoms with Crippen molar-refractivity contribution in [3.8, 4) is 11.1 Å². The number of benzene rings is 5. The lowest BCUT2D eigenvalue weighted by Gasteiger charge is -2.26. The summed E-state index contributed by atoms with van der Waals surface area (Å²) in [5, 5.41) is 2.63. The molecular weight excluding hydrogens is 448 g/mol. The van der Waals surface area contributed by atoms with Gasteiger partial charge < -0.3 is 9.47 Å². The van der Waals surface area contributed by atoms with Gasteiger partial charge in [0.1, 0.15) is 0 Å². The fraction of sp³-hybridized carbons (Fsp3) is 0.143. The van der Waals surface area contributed by atoms with Gasteiger partial charge in [0.05, 0.1) is 0 Å². The van der Waals surface area contributed by atoms with Crippen molar-refractivity contribution >= 4 is 38.9 Å². The molecule has 6 aromatic rings. The first kappa shape index (κ1) is 23.1. The molecule has 0 aliphatic rings. The van der Waals surface area contributed by atoms with Crippen LogP contribution in [0.3, 0.4) is 0 Å². The van der Waals surface area contributed by atoms with Crippen molar-refractivity contribution in [2.24, 2.45) is 0 Å². The Morgan fingerprint density at radius 1 is 0.568 bits per heavy atom. The Hall–Kier alpha value is -4.30. The topological polar surface area (TPSA) is 8.17 Å². The number of aryl methyl sites for hydroxylation is 1. The number of fused-ring (bicyclic) bond motifs is 3. The zero-order chi connectivity index (χ0) is 25.4. The minimum atomic E-state index is 0.378. The van der Waals surface area contributed by atoms with Crippen molar-refractivity contribution < 1.29 is 0 Å². The van der Waals surface area contributed by atoms with Gasteiger partial charge in [-0.2, -0.15) is 0 Å². The molecule has 0 saturated heterocycles. The van der Waals surface area contributed by atoms with Crippen molar-refractivity contribution in [1.82, 2.24) is 4.57 Å². The third-order valence-electron chi connectivity index (χ3n) is 7.28. The molecule has 0 amide bonds. The first-order valence-electron chi connectivity index (χ1n) is 13.2. The van der Waals surface area contributed by atoms with E-state index in [0.717, 1.165) is 23.5 Å². The molecule has 37 heavy (non-hydrogen) atoms. The van der Waals surface area contributed by atoms with Crippen LogP contribution in [0.2, 0.25) is 0 Å². The number of aromatic nitrogens is 1. The Morgan fingerprint density at radius 2 is 1.22 bits per heavy atom. The van der Waals surface area contributed by atoms with Crippen LogP contribution in [0.25, 0.3) is 32.9 Å². The van der Waals surface area contributed by atoms with Gasteiger partial charge in [-0.25, -0.2) is 0 Å². The van der Waals surface area contributed by atoms with Crippen LogP contribution in [-0.4, -0.2) is 4.57 Å². The molecule has 0 atom stereocenters. The number of rotatable bonds is 6. The Kier molecular flexibility index (Phi) is 6.02. The van der Waals surface area contributed by atoms with E-state index >= 15 is 0 Å². The molecular formula is C35H32N2. The molecule has 0 bridgehead atoms. The smallest absolute Gasteiger partial charge is 0.0500 e. The fourth-order valence-electron chi connectivity index (χ4n) is 5.47. The predicted molar refractivity (Wildman–Crippen MR) is 159 cm³/mol. The van der Waals surface area contributed by atoms with E-state index in [0.29, 0.717) is 6.04 Å². The van der Waals surface area contributed by atoms with E-state index < -0.39 is 0 Å². The van der Waals surface area contributed by atoms with Crippen LogP contribution in [0.4, 0.5) is 17.1 Å². The normalized spacial score (nSPS) is 11.5. The van der Waals surface area contributed by atoms with Crippen LogP contribution in [-0.2, 0) is 6.42 Å². The summed E-state index contributed by atoms with van der Waals surface area (Å²) in [4.78, 5) is 2.34. The molecule has 2 heteroatoms. The van der Waals surface area contributed by atoms with Crippen molar-refractivity contribution in [3.05, 3.63) is 127 Å². The third-order valence-corrected chi connectivity index (χ3v) is 7.28. The molecule has 0 radical (unpaired) electrons. The highest BCUT2D eigenvalue weighted by atomic mass is 15.1. The summed E-state index contributed by atoms with van der Waals surface area (Å²) in [5.74, 6) is 0. The monoisotopic (exact) mass is 480 g/mol. The highest BCUT2D eigenvalue weighted by Crippen LogP contribution is 2.38. The van der Waals surface area contributed by atoms with Crippen molar-refractivity contribution in [3.63, 3.8) is 0 Å². The third kappa shape index (κ3) is 4.19. The second-order valence-electron chi connectivity index (χ2n) is 9.95. The number of hydrogen-bond acceptors (Lipinski definition) is 1. The molecule has 0 aliphatic carbocycles. The first-order chi connectivity index (χ1) is 18.1. The summed E-state index contributed by atoms with van der Waals surface area (Å²) in [6, 6.07) is 44.5. The van der Waals surface area contributed by atoms with Crippen molar-refractivity contribution in [1.29, 1.82) is 0 Å². The van der Waals surface area contributed by atoms with Gasteiger partial charge in [0.25, 0.3) is 0 Å².